The third kappa shape index (κ3) is 4.10. The highest BCUT2D eigenvalue weighted by atomic mass is 35.5. The highest BCUT2D eigenvalue weighted by Gasteiger charge is 2.08. The molecule has 1 N–H and O–H groups in total. The predicted molar refractivity (Wildman–Crippen MR) is 64.5 cm³/mol. The maximum atomic E-state index is 11.5. The largest absolute Gasteiger partial charge is 0.325 e. The molecule has 0 radical (unpaired) electrons. The van der Waals surface area contributed by atoms with Crippen molar-refractivity contribution in [3.8, 4) is 0 Å². The van der Waals surface area contributed by atoms with Crippen LogP contribution in [0.3, 0.4) is 0 Å². The molecule has 2 nitrogen and oxygen atoms in total. The van der Waals surface area contributed by atoms with Gasteiger partial charge in [0, 0.05) is 11.4 Å². The van der Waals surface area contributed by atoms with Gasteiger partial charge < -0.3 is 5.32 Å². The average molecular weight is 246 g/mol. The molecule has 0 aliphatic rings. The monoisotopic (exact) mass is 245 g/mol. The van der Waals surface area contributed by atoms with Crippen molar-refractivity contribution in [1.29, 1.82) is 0 Å². The number of halogens is 2. The molecular formula is C11H13Cl2NO. The van der Waals surface area contributed by atoms with Gasteiger partial charge in [0.1, 0.15) is 0 Å². The number of hydrogen-bond donors (Lipinski definition) is 1. The summed E-state index contributed by atoms with van der Waals surface area (Å²) in [5.74, 6) is 0.275. The smallest absolute Gasteiger partial charge is 0.224 e. The van der Waals surface area contributed by atoms with Gasteiger partial charge in [0.05, 0.1) is 10.7 Å². The average Bonchev–Trinajstić information content (AvgIpc) is 2.10. The Balaban J connectivity index is 2.71. The van der Waals surface area contributed by atoms with Gasteiger partial charge in [-0.15, -0.1) is 0 Å². The highest BCUT2D eigenvalue weighted by molar-refractivity contribution is 6.35. The maximum absolute atomic E-state index is 11.5. The second-order valence-corrected chi connectivity index (χ2v) is 4.61. The van der Waals surface area contributed by atoms with Crippen LogP contribution in [0, 0.1) is 5.92 Å². The molecule has 0 aliphatic carbocycles. The van der Waals surface area contributed by atoms with E-state index in [0.29, 0.717) is 28.1 Å². The first-order valence-corrected chi connectivity index (χ1v) is 5.49. The normalized spacial score (nSPS) is 10.5. The number of rotatable bonds is 3. The van der Waals surface area contributed by atoms with E-state index in [1.165, 1.54) is 0 Å². The Morgan fingerprint density at radius 1 is 1.40 bits per heavy atom. The Bertz CT molecular complexity index is 364. The molecule has 0 fully saturated rings. The fraction of sp³-hybridized carbons (Fsp3) is 0.364. The van der Waals surface area contributed by atoms with Gasteiger partial charge in [-0.05, 0) is 24.1 Å². The lowest BCUT2D eigenvalue weighted by Crippen LogP contribution is -2.14. The molecule has 0 aliphatic heterocycles. The summed E-state index contributed by atoms with van der Waals surface area (Å²) in [6, 6.07) is 4.99. The molecule has 82 valence electrons. The minimum atomic E-state index is -0.0471. The van der Waals surface area contributed by atoms with Crippen molar-refractivity contribution in [2.75, 3.05) is 5.32 Å². The zero-order valence-corrected chi connectivity index (χ0v) is 10.2. The van der Waals surface area contributed by atoms with Crippen molar-refractivity contribution in [2.45, 2.75) is 20.3 Å². The lowest BCUT2D eigenvalue weighted by atomic mass is 10.1. The van der Waals surface area contributed by atoms with E-state index in [4.69, 9.17) is 23.2 Å². The van der Waals surface area contributed by atoms with E-state index in [0.717, 1.165) is 0 Å². The molecule has 0 aromatic heterocycles. The Kier molecular flexibility index (Phi) is 4.43. The van der Waals surface area contributed by atoms with Gasteiger partial charge in [-0.25, -0.2) is 0 Å². The second kappa shape index (κ2) is 5.38. The number of carbonyl (C=O) groups is 1. The van der Waals surface area contributed by atoms with E-state index >= 15 is 0 Å². The predicted octanol–water partition coefficient (Wildman–Crippen LogP) is 3.98. The first-order valence-electron chi connectivity index (χ1n) is 4.74. The molecule has 0 saturated heterocycles. The van der Waals surface area contributed by atoms with E-state index in [1.54, 1.807) is 18.2 Å². The summed E-state index contributed by atoms with van der Waals surface area (Å²) in [5, 5.41) is 3.78. The molecule has 1 amide bonds. The zero-order valence-electron chi connectivity index (χ0n) is 8.68. The minimum Gasteiger partial charge on any atom is -0.325 e. The molecule has 0 bridgehead atoms. The third-order valence-corrected chi connectivity index (χ3v) is 2.36. The molecule has 0 heterocycles. The summed E-state index contributed by atoms with van der Waals surface area (Å²) in [6.45, 7) is 3.97. The number of benzene rings is 1. The topological polar surface area (TPSA) is 29.1 Å². The molecular weight excluding hydrogens is 233 g/mol. The van der Waals surface area contributed by atoms with Crippen LogP contribution < -0.4 is 5.32 Å². The fourth-order valence-corrected chi connectivity index (χ4v) is 1.50. The lowest BCUT2D eigenvalue weighted by molar-refractivity contribution is -0.116. The van der Waals surface area contributed by atoms with E-state index in [2.05, 4.69) is 5.32 Å². The fourth-order valence-electron chi connectivity index (χ4n) is 1.17. The second-order valence-electron chi connectivity index (χ2n) is 3.77. The van der Waals surface area contributed by atoms with Crippen LogP contribution in [0.2, 0.25) is 10.0 Å². The summed E-state index contributed by atoms with van der Waals surface area (Å²) in [6.07, 6.45) is 0.475. The maximum Gasteiger partial charge on any atom is 0.224 e. The van der Waals surface area contributed by atoms with Gasteiger partial charge in [-0.1, -0.05) is 37.0 Å². The van der Waals surface area contributed by atoms with Crippen LogP contribution in [-0.2, 0) is 4.79 Å². The van der Waals surface area contributed by atoms with E-state index in [9.17, 15) is 4.79 Å². The van der Waals surface area contributed by atoms with Gasteiger partial charge in [-0.3, -0.25) is 4.79 Å². The molecule has 0 unspecified atom stereocenters. The minimum absolute atomic E-state index is 0.0471. The zero-order chi connectivity index (χ0) is 11.4. The summed E-state index contributed by atoms with van der Waals surface area (Å²) in [7, 11) is 0. The Hall–Kier alpha value is -0.730. The van der Waals surface area contributed by atoms with E-state index in [-0.39, 0.29) is 5.91 Å². The number of hydrogen-bond acceptors (Lipinski definition) is 1. The van der Waals surface area contributed by atoms with Crippen LogP contribution in [0.15, 0.2) is 18.2 Å². The van der Waals surface area contributed by atoms with Gasteiger partial charge in [0.25, 0.3) is 0 Å². The van der Waals surface area contributed by atoms with Crippen LogP contribution in [0.25, 0.3) is 0 Å². The van der Waals surface area contributed by atoms with Crippen LogP contribution >= 0.6 is 23.2 Å². The van der Waals surface area contributed by atoms with Crippen LogP contribution in [0.4, 0.5) is 5.69 Å². The first kappa shape index (κ1) is 12.3. The van der Waals surface area contributed by atoms with Crippen LogP contribution in [0.5, 0.6) is 0 Å². The van der Waals surface area contributed by atoms with E-state index < -0.39 is 0 Å². The standard InChI is InChI=1S/C11H13Cl2NO/c1-7(2)5-11(15)14-10-6-8(12)3-4-9(10)13/h3-4,6-7H,5H2,1-2H3,(H,14,15). The van der Waals surface area contributed by atoms with Gasteiger partial charge in [-0.2, -0.15) is 0 Å². The third-order valence-electron chi connectivity index (χ3n) is 1.80. The molecule has 0 atom stereocenters. The van der Waals surface area contributed by atoms with E-state index in [1.807, 2.05) is 13.8 Å². The van der Waals surface area contributed by atoms with Crippen molar-refractivity contribution in [3.63, 3.8) is 0 Å². The molecule has 15 heavy (non-hydrogen) atoms. The molecule has 1 rings (SSSR count). The van der Waals surface area contributed by atoms with Crippen molar-refractivity contribution in [2.24, 2.45) is 5.92 Å². The number of anilines is 1. The van der Waals surface area contributed by atoms with Crippen LogP contribution in [-0.4, -0.2) is 5.91 Å². The van der Waals surface area contributed by atoms with Gasteiger partial charge >= 0.3 is 0 Å². The SMILES string of the molecule is CC(C)CC(=O)Nc1cc(Cl)ccc1Cl. The molecule has 1 aromatic rings. The summed E-state index contributed by atoms with van der Waals surface area (Å²) < 4.78 is 0. The first-order chi connectivity index (χ1) is 6.99. The Labute approximate surface area is 99.6 Å². The van der Waals surface area contributed by atoms with Crippen molar-refractivity contribution in [3.05, 3.63) is 28.2 Å². The number of amides is 1. The van der Waals surface area contributed by atoms with Crippen molar-refractivity contribution < 1.29 is 4.79 Å². The summed E-state index contributed by atoms with van der Waals surface area (Å²) >= 11 is 11.7. The Morgan fingerprint density at radius 3 is 2.67 bits per heavy atom. The van der Waals surface area contributed by atoms with Gasteiger partial charge in [0.15, 0.2) is 0 Å². The van der Waals surface area contributed by atoms with Crippen molar-refractivity contribution in [1.82, 2.24) is 0 Å². The lowest BCUT2D eigenvalue weighted by Gasteiger charge is -2.08. The molecule has 0 spiro atoms. The quantitative estimate of drug-likeness (QED) is 0.858. The number of nitrogens with one attached hydrogen (secondary N) is 1. The van der Waals surface area contributed by atoms with Crippen molar-refractivity contribution >= 4 is 34.8 Å². The summed E-state index contributed by atoms with van der Waals surface area (Å²) in [4.78, 5) is 11.5. The highest BCUT2D eigenvalue weighted by Crippen LogP contribution is 2.25. The summed E-state index contributed by atoms with van der Waals surface area (Å²) in [5.41, 5.74) is 0.565. The molecule has 1 aromatic carbocycles. The number of carbonyl (C=O) groups excluding carboxylic acids is 1. The van der Waals surface area contributed by atoms with Gasteiger partial charge in [0.2, 0.25) is 5.91 Å². The Morgan fingerprint density at radius 2 is 2.07 bits per heavy atom. The molecule has 4 heteroatoms. The van der Waals surface area contributed by atoms with Crippen LogP contribution in [0.1, 0.15) is 20.3 Å². The molecule has 0 saturated carbocycles.